The molecule has 8 atom stereocenters. The molecule has 3 saturated carbocycles. The number of allylic oxidation sites excluding steroid dienone is 4. The SMILES string of the molecule is CC(=O)OCC(=O)[C@@]1(O)[C@@H](C)C[C@H]2[C@@H]3CCC4=CC(=O)C=C[C@]4(C)[C@H]3[C@@H](O)C[C@@]21C. The third-order valence-electron chi connectivity index (χ3n) is 8.91. The van der Waals surface area contributed by atoms with Crippen LogP contribution < -0.4 is 0 Å². The Labute approximate surface area is 177 Å². The predicted octanol–water partition coefficient (Wildman–Crippen LogP) is 2.37. The Morgan fingerprint density at radius 1 is 1.30 bits per heavy atom. The van der Waals surface area contributed by atoms with Crippen molar-refractivity contribution < 1.29 is 29.3 Å². The summed E-state index contributed by atoms with van der Waals surface area (Å²) in [4.78, 5) is 36.2. The molecule has 4 rings (SSSR count). The summed E-state index contributed by atoms with van der Waals surface area (Å²) in [7, 11) is 0. The molecule has 0 aromatic rings. The second-order valence-electron chi connectivity index (χ2n) is 10.3. The minimum atomic E-state index is -1.64. The number of hydrogen-bond acceptors (Lipinski definition) is 6. The van der Waals surface area contributed by atoms with Gasteiger partial charge in [0, 0.05) is 23.7 Å². The highest BCUT2D eigenvalue weighted by atomic mass is 16.5. The first kappa shape index (κ1) is 21.4. The van der Waals surface area contributed by atoms with Crippen molar-refractivity contribution in [2.24, 2.45) is 34.5 Å². The van der Waals surface area contributed by atoms with Gasteiger partial charge < -0.3 is 14.9 Å². The first-order valence-electron chi connectivity index (χ1n) is 11.0. The molecule has 0 saturated heterocycles. The van der Waals surface area contributed by atoms with Crippen molar-refractivity contribution >= 4 is 17.5 Å². The number of aliphatic hydroxyl groups is 2. The zero-order valence-corrected chi connectivity index (χ0v) is 18.2. The van der Waals surface area contributed by atoms with E-state index in [0.29, 0.717) is 12.8 Å². The maximum Gasteiger partial charge on any atom is 0.303 e. The summed E-state index contributed by atoms with van der Waals surface area (Å²) >= 11 is 0. The van der Waals surface area contributed by atoms with E-state index in [1.54, 1.807) is 12.2 Å². The number of aliphatic hydroxyl groups excluding tert-OH is 1. The number of rotatable bonds is 3. The molecule has 0 aromatic carbocycles. The van der Waals surface area contributed by atoms with Gasteiger partial charge in [0.1, 0.15) is 5.60 Å². The Morgan fingerprint density at radius 3 is 2.67 bits per heavy atom. The lowest BCUT2D eigenvalue weighted by Crippen LogP contribution is -2.62. The lowest BCUT2D eigenvalue weighted by molar-refractivity contribution is -0.185. The molecule has 0 radical (unpaired) electrons. The van der Waals surface area contributed by atoms with Crippen LogP contribution in [0.15, 0.2) is 23.8 Å². The fourth-order valence-electron chi connectivity index (χ4n) is 7.53. The molecule has 3 fully saturated rings. The van der Waals surface area contributed by atoms with Crippen LogP contribution in [-0.4, -0.2) is 46.1 Å². The van der Waals surface area contributed by atoms with Crippen LogP contribution in [0.3, 0.4) is 0 Å². The van der Waals surface area contributed by atoms with Crippen molar-refractivity contribution in [3.05, 3.63) is 23.8 Å². The number of ketones is 2. The summed E-state index contributed by atoms with van der Waals surface area (Å²) in [5.41, 5.74) is -1.75. The van der Waals surface area contributed by atoms with Gasteiger partial charge in [-0.2, -0.15) is 0 Å². The maximum atomic E-state index is 13.1. The number of esters is 1. The van der Waals surface area contributed by atoms with Gasteiger partial charge in [0.2, 0.25) is 5.78 Å². The molecule has 30 heavy (non-hydrogen) atoms. The number of fused-ring (bicyclic) bond motifs is 5. The van der Waals surface area contributed by atoms with E-state index in [9.17, 15) is 24.6 Å². The normalized spacial score (nSPS) is 47.1. The highest BCUT2D eigenvalue weighted by Crippen LogP contribution is 2.68. The Kier molecular flexibility index (Phi) is 4.90. The van der Waals surface area contributed by atoms with Gasteiger partial charge >= 0.3 is 5.97 Å². The van der Waals surface area contributed by atoms with Gasteiger partial charge in [0.05, 0.1) is 6.10 Å². The predicted molar refractivity (Wildman–Crippen MR) is 109 cm³/mol. The van der Waals surface area contributed by atoms with E-state index < -0.39 is 35.5 Å². The molecule has 6 nitrogen and oxygen atoms in total. The van der Waals surface area contributed by atoms with Gasteiger partial charge in [-0.1, -0.05) is 32.4 Å². The van der Waals surface area contributed by atoms with Crippen LogP contribution in [0.5, 0.6) is 0 Å². The molecule has 0 aromatic heterocycles. The van der Waals surface area contributed by atoms with Gasteiger partial charge in [-0.05, 0) is 55.6 Å². The minimum absolute atomic E-state index is 0.00371. The van der Waals surface area contributed by atoms with E-state index in [2.05, 4.69) is 6.92 Å². The lowest BCUT2D eigenvalue weighted by atomic mass is 9.46. The average Bonchev–Trinajstić information content (AvgIpc) is 2.87. The third kappa shape index (κ3) is 2.72. The van der Waals surface area contributed by atoms with Crippen molar-refractivity contribution in [1.29, 1.82) is 0 Å². The van der Waals surface area contributed by atoms with Gasteiger partial charge in [0.15, 0.2) is 12.4 Å². The highest BCUT2D eigenvalue weighted by Gasteiger charge is 2.70. The Morgan fingerprint density at radius 2 is 2.00 bits per heavy atom. The molecular weight excluding hydrogens is 384 g/mol. The number of Topliss-reactive ketones (excluding diaryl/α,β-unsaturated/α-hetero) is 1. The fourth-order valence-corrected chi connectivity index (χ4v) is 7.53. The standard InChI is InChI=1S/C24H32O6/c1-13-9-18-17-6-5-15-10-16(26)7-8-22(15,3)21(17)19(27)11-23(18,4)24(13,29)20(28)12-30-14(2)25/h7-8,10,13,17-19,21,27,29H,5-6,9,11-12H2,1-4H3/t13-,17-,18-,19-,21+,22-,23-,24-/m0/s1. The monoisotopic (exact) mass is 416 g/mol. The topological polar surface area (TPSA) is 101 Å². The second-order valence-corrected chi connectivity index (χ2v) is 10.3. The second kappa shape index (κ2) is 6.86. The Balaban J connectivity index is 1.70. The summed E-state index contributed by atoms with van der Waals surface area (Å²) in [6.07, 6.45) is 7.15. The quantitative estimate of drug-likeness (QED) is 0.685. The molecule has 0 bridgehead atoms. The molecular formula is C24H32O6. The molecule has 6 heteroatoms. The number of ether oxygens (including phenoxy) is 1. The maximum absolute atomic E-state index is 13.1. The van der Waals surface area contributed by atoms with Gasteiger partial charge in [-0.25, -0.2) is 0 Å². The van der Waals surface area contributed by atoms with E-state index in [0.717, 1.165) is 18.4 Å². The van der Waals surface area contributed by atoms with E-state index in [-0.39, 0.29) is 34.9 Å². The van der Waals surface area contributed by atoms with Gasteiger partial charge in [-0.15, -0.1) is 0 Å². The van der Waals surface area contributed by atoms with Crippen LogP contribution in [0.1, 0.15) is 53.4 Å². The average molecular weight is 417 g/mol. The van der Waals surface area contributed by atoms with Crippen molar-refractivity contribution in [1.82, 2.24) is 0 Å². The van der Waals surface area contributed by atoms with Crippen molar-refractivity contribution in [2.75, 3.05) is 6.61 Å². The van der Waals surface area contributed by atoms with Crippen molar-refractivity contribution in [3.63, 3.8) is 0 Å². The summed E-state index contributed by atoms with van der Waals surface area (Å²) in [6.45, 7) is 6.69. The van der Waals surface area contributed by atoms with E-state index in [4.69, 9.17) is 4.74 Å². The zero-order valence-electron chi connectivity index (χ0n) is 18.2. The number of hydrogen-bond donors (Lipinski definition) is 2. The van der Waals surface area contributed by atoms with Gasteiger partial charge in [-0.3, -0.25) is 14.4 Å². The molecule has 2 N–H and O–H groups in total. The van der Waals surface area contributed by atoms with Crippen molar-refractivity contribution in [3.8, 4) is 0 Å². The van der Waals surface area contributed by atoms with Crippen LogP contribution >= 0.6 is 0 Å². The number of carbonyl (C=O) groups excluding carboxylic acids is 3. The van der Waals surface area contributed by atoms with E-state index >= 15 is 0 Å². The highest BCUT2D eigenvalue weighted by molar-refractivity contribution is 6.01. The molecule has 0 aliphatic heterocycles. The molecule has 0 unspecified atom stereocenters. The Bertz CT molecular complexity index is 858. The molecule has 4 aliphatic carbocycles. The zero-order chi connectivity index (χ0) is 22.1. The number of carbonyl (C=O) groups is 3. The van der Waals surface area contributed by atoms with Crippen LogP contribution in [0.4, 0.5) is 0 Å². The molecule has 164 valence electrons. The van der Waals surface area contributed by atoms with Gasteiger partial charge in [0.25, 0.3) is 0 Å². The first-order valence-corrected chi connectivity index (χ1v) is 11.0. The van der Waals surface area contributed by atoms with E-state index in [1.165, 1.54) is 6.92 Å². The third-order valence-corrected chi connectivity index (χ3v) is 8.91. The summed E-state index contributed by atoms with van der Waals surface area (Å²) in [5, 5.41) is 23.1. The molecule has 0 heterocycles. The molecule has 4 aliphatic rings. The van der Waals surface area contributed by atoms with Crippen molar-refractivity contribution in [2.45, 2.75) is 65.1 Å². The Hall–Kier alpha value is -1.79. The van der Waals surface area contributed by atoms with Crippen LogP contribution in [0.25, 0.3) is 0 Å². The summed E-state index contributed by atoms with van der Waals surface area (Å²) < 4.78 is 4.93. The molecule has 0 spiro atoms. The fraction of sp³-hybridized carbons (Fsp3) is 0.708. The summed E-state index contributed by atoms with van der Waals surface area (Å²) in [6, 6.07) is 0. The minimum Gasteiger partial charge on any atom is -0.458 e. The largest absolute Gasteiger partial charge is 0.458 e. The summed E-state index contributed by atoms with van der Waals surface area (Å²) in [5.74, 6) is -1.19. The van der Waals surface area contributed by atoms with E-state index in [1.807, 2.05) is 19.9 Å². The molecule has 0 amide bonds. The van der Waals surface area contributed by atoms with Crippen LogP contribution in [-0.2, 0) is 19.1 Å². The first-order chi connectivity index (χ1) is 13.9. The lowest BCUT2D eigenvalue weighted by Gasteiger charge is -2.59. The smallest absolute Gasteiger partial charge is 0.303 e. The van der Waals surface area contributed by atoms with Crippen LogP contribution in [0.2, 0.25) is 0 Å². The van der Waals surface area contributed by atoms with Crippen LogP contribution in [0, 0.1) is 34.5 Å².